The van der Waals surface area contributed by atoms with Gasteiger partial charge in [-0.05, 0) is 31.0 Å². The van der Waals surface area contributed by atoms with Crippen molar-refractivity contribution in [2.75, 3.05) is 0 Å². The molecule has 2 atom stereocenters. The highest BCUT2D eigenvalue weighted by Crippen LogP contribution is 2.28. The van der Waals surface area contributed by atoms with Crippen LogP contribution in [-0.2, 0) is 9.59 Å². The largest absolute Gasteiger partial charge is 0.507 e. The Hall–Kier alpha value is -2.21. The maximum atomic E-state index is 12.3. The van der Waals surface area contributed by atoms with Crippen molar-refractivity contribution in [1.29, 1.82) is 0 Å². The molecule has 6 nitrogen and oxygen atoms in total. The van der Waals surface area contributed by atoms with E-state index < -0.39 is 29.6 Å². The Morgan fingerprint density at radius 1 is 1.33 bits per heavy atom. The number of aliphatic hydroxyl groups is 1. The van der Waals surface area contributed by atoms with Crippen LogP contribution in [0.1, 0.15) is 34.3 Å². The highest BCUT2D eigenvalue weighted by molar-refractivity contribution is 6.03. The molecule has 3 N–H and O–H groups in total. The summed E-state index contributed by atoms with van der Waals surface area (Å²) in [5.41, 5.74) is 1.56. The van der Waals surface area contributed by atoms with Gasteiger partial charge >= 0.3 is 0 Å². The van der Waals surface area contributed by atoms with Gasteiger partial charge in [0.25, 0.3) is 5.91 Å². The molecule has 1 aliphatic heterocycles. The maximum Gasteiger partial charge on any atom is 0.255 e. The van der Waals surface area contributed by atoms with E-state index in [1.165, 1.54) is 0 Å². The van der Waals surface area contributed by atoms with Gasteiger partial charge in [-0.15, -0.1) is 0 Å². The minimum atomic E-state index is -1.39. The van der Waals surface area contributed by atoms with Crippen molar-refractivity contribution >= 4 is 17.6 Å². The molecule has 21 heavy (non-hydrogen) atoms. The van der Waals surface area contributed by atoms with Gasteiger partial charge in [-0.25, -0.2) is 0 Å². The molecule has 0 spiro atoms. The molecule has 6 heteroatoms. The van der Waals surface area contributed by atoms with E-state index in [1.807, 2.05) is 5.32 Å². The normalized spacial score (nSPS) is 22.0. The Morgan fingerprint density at radius 3 is 2.67 bits per heavy atom. The van der Waals surface area contributed by atoms with E-state index in [0.717, 1.165) is 5.56 Å². The van der Waals surface area contributed by atoms with Crippen LogP contribution in [0, 0.1) is 19.8 Å². The third-order valence-electron chi connectivity index (χ3n) is 3.62. The average molecular weight is 291 g/mol. The zero-order valence-corrected chi connectivity index (χ0v) is 11.8. The molecule has 1 heterocycles. The van der Waals surface area contributed by atoms with Crippen LogP contribution >= 0.6 is 0 Å². The molecule has 1 aliphatic rings. The number of imide groups is 1. The Labute approximate surface area is 121 Å². The van der Waals surface area contributed by atoms with Gasteiger partial charge in [0.1, 0.15) is 11.9 Å². The fourth-order valence-electron chi connectivity index (χ4n) is 2.53. The van der Waals surface area contributed by atoms with Crippen LogP contribution in [0.25, 0.3) is 0 Å². The summed E-state index contributed by atoms with van der Waals surface area (Å²) in [5.74, 6) is -2.56. The van der Waals surface area contributed by atoms with E-state index in [0.29, 0.717) is 5.56 Å². The van der Waals surface area contributed by atoms with E-state index in [4.69, 9.17) is 0 Å². The second-order valence-corrected chi connectivity index (χ2v) is 5.43. The highest BCUT2D eigenvalue weighted by Gasteiger charge is 2.36. The van der Waals surface area contributed by atoms with Gasteiger partial charge in [0.05, 0.1) is 5.56 Å². The molecular weight excluding hydrogens is 274 g/mol. The smallest absolute Gasteiger partial charge is 0.255 e. The molecule has 0 radical (unpaired) electrons. The molecule has 0 aliphatic carbocycles. The average Bonchev–Trinajstić information content (AvgIpc) is 2.39. The number of rotatable bonds is 3. The van der Waals surface area contributed by atoms with Gasteiger partial charge in [0.2, 0.25) is 5.91 Å². The number of aromatic hydroxyl groups is 1. The van der Waals surface area contributed by atoms with Crippen LogP contribution in [0.3, 0.4) is 0 Å². The van der Waals surface area contributed by atoms with Gasteiger partial charge in [-0.2, -0.15) is 0 Å². The monoisotopic (exact) mass is 291 g/mol. The summed E-state index contributed by atoms with van der Waals surface area (Å²) in [6, 6.07) is 3.31. The number of carbonyl (C=O) groups is 3. The van der Waals surface area contributed by atoms with Crippen LogP contribution in [0.5, 0.6) is 5.75 Å². The molecule has 1 saturated heterocycles. The first kappa shape index (κ1) is 15.2. The number of hydrogen-bond acceptors (Lipinski definition) is 5. The summed E-state index contributed by atoms with van der Waals surface area (Å²) in [5, 5.41) is 21.7. The zero-order chi connectivity index (χ0) is 15.7. The van der Waals surface area contributed by atoms with Crippen LogP contribution in [0.4, 0.5) is 0 Å². The fourth-order valence-corrected chi connectivity index (χ4v) is 2.53. The summed E-state index contributed by atoms with van der Waals surface area (Å²) >= 11 is 0. The van der Waals surface area contributed by atoms with Crippen molar-refractivity contribution in [1.82, 2.24) is 5.32 Å². The number of aryl methyl sites for hydroxylation is 2. The van der Waals surface area contributed by atoms with E-state index in [9.17, 15) is 24.6 Å². The standard InChI is InChI=1S/C15H17NO5/c1-7-3-8(2)13(19)10(4-7)11(17)5-9-6-12(18)16-15(21)14(9)20/h3-4,9,14,19-20H,5-6H2,1-2H3,(H,16,18,21)/t9-,14+/m1/s1. The van der Waals surface area contributed by atoms with Gasteiger partial charge in [-0.1, -0.05) is 6.07 Å². The van der Waals surface area contributed by atoms with Crippen molar-refractivity contribution in [3.63, 3.8) is 0 Å². The summed E-state index contributed by atoms with van der Waals surface area (Å²) in [6.07, 6.45) is -1.65. The third kappa shape index (κ3) is 3.11. The number of benzene rings is 1. The Bertz CT molecular complexity index is 623. The number of Topliss-reactive ketones (excluding diaryl/α,β-unsaturated/α-hetero) is 1. The van der Waals surface area contributed by atoms with Crippen molar-refractivity contribution in [3.05, 3.63) is 28.8 Å². The van der Waals surface area contributed by atoms with E-state index in [1.54, 1.807) is 26.0 Å². The summed E-state index contributed by atoms with van der Waals surface area (Å²) in [6.45, 7) is 3.49. The lowest BCUT2D eigenvalue weighted by molar-refractivity contribution is -0.143. The number of piperidine rings is 1. The lowest BCUT2D eigenvalue weighted by atomic mass is 9.87. The van der Waals surface area contributed by atoms with Crippen LogP contribution < -0.4 is 5.32 Å². The molecule has 0 saturated carbocycles. The van der Waals surface area contributed by atoms with Gasteiger partial charge < -0.3 is 10.2 Å². The first-order chi connectivity index (χ1) is 9.79. The van der Waals surface area contributed by atoms with Crippen LogP contribution in [-0.4, -0.2) is 33.9 Å². The maximum absolute atomic E-state index is 12.3. The number of carbonyl (C=O) groups excluding carboxylic acids is 3. The first-order valence-electron chi connectivity index (χ1n) is 6.64. The lowest BCUT2D eigenvalue weighted by Gasteiger charge is -2.25. The molecule has 1 aromatic carbocycles. The Morgan fingerprint density at radius 2 is 2.00 bits per heavy atom. The minimum absolute atomic E-state index is 0.0930. The van der Waals surface area contributed by atoms with Crippen molar-refractivity contribution in [2.24, 2.45) is 5.92 Å². The topological polar surface area (TPSA) is 104 Å². The molecule has 0 unspecified atom stereocenters. The van der Waals surface area contributed by atoms with Crippen molar-refractivity contribution in [3.8, 4) is 5.75 Å². The Kier molecular flexibility index (Phi) is 4.09. The molecule has 0 aromatic heterocycles. The van der Waals surface area contributed by atoms with E-state index in [-0.39, 0.29) is 24.2 Å². The predicted octanol–water partition coefficient (Wildman–Crippen LogP) is 0.605. The number of nitrogens with one attached hydrogen (secondary N) is 1. The SMILES string of the molecule is Cc1cc(C)c(O)c(C(=O)C[C@@H]2CC(=O)NC(=O)[C@H]2O)c1. The first-order valence-corrected chi connectivity index (χ1v) is 6.64. The number of ketones is 1. The predicted molar refractivity (Wildman–Crippen MR) is 73.8 cm³/mol. The summed E-state index contributed by atoms with van der Waals surface area (Å²) in [7, 11) is 0. The number of amides is 2. The molecule has 1 fully saturated rings. The van der Waals surface area contributed by atoms with E-state index in [2.05, 4.69) is 0 Å². The van der Waals surface area contributed by atoms with E-state index >= 15 is 0 Å². The van der Waals surface area contributed by atoms with Crippen molar-refractivity contribution < 1.29 is 24.6 Å². The summed E-state index contributed by atoms with van der Waals surface area (Å²) < 4.78 is 0. The molecule has 112 valence electrons. The van der Waals surface area contributed by atoms with Crippen molar-refractivity contribution in [2.45, 2.75) is 32.8 Å². The lowest BCUT2D eigenvalue weighted by Crippen LogP contribution is -2.49. The molecular formula is C15H17NO5. The second-order valence-electron chi connectivity index (χ2n) is 5.43. The Balaban J connectivity index is 2.22. The molecule has 1 aromatic rings. The minimum Gasteiger partial charge on any atom is -0.507 e. The number of phenols is 1. The third-order valence-corrected chi connectivity index (χ3v) is 3.62. The summed E-state index contributed by atoms with van der Waals surface area (Å²) in [4.78, 5) is 35.0. The zero-order valence-electron chi connectivity index (χ0n) is 11.8. The van der Waals surface area contributed by atoms with Gasteiger partial charge in [-0.3, -0.25) is 19.7 Å². The number of phenolic OH excluding ortho intramolecular Hbond substituents is 1. The molecule has 2 rings (SSSR count). The van der Waals surface area contributed by atoms with Gasteiger partial charge in [0, 0.05) is 18.8 Å². The van der Waals surface area contributed by atoms with Gasteiger partial charge in [0.15, 0.2) is 5.78 Å². The fraction of sp³-hybridized carbons (Fsp3) is 0.400. The second kappa shape index (κ2) is 5.65. The van der Waals surface area contributed by atoms with Crippen LogP contribution in [0.15, 0.2) is 12.1 Å². The quantitative estimate of drug-likeness (QED) is 0.559. The number of aliphatic hydroxyl groups excluding tert-OH is 1. The molecule has 0 bridgehead atoms. The van der Waals surface area contributed by atoms with Crippen LogP contribution in [0.2, 0.25) is 0 Å². The highest BCUT2D eigenvalue weighted by atomic mass is 16.3. The number of hydrogen-bond donors (Lipinski definition) is 3. The molecule has 2 amide bonds.